The lowest BCUT2D eigenvalue weighted by atomic mass is 10.1. The van der Waals surface area contributed by atoms with E-state index in [-0.39, 0.29) is 22.9 Å². The van der Waals surface area contributed by atoms with Crippen LogP contribution in [0.15, 0.2) is 70.7 Å². The number of aryl methyl sites for hydroxylation is 1. The summed E-state index contributed by atoms with van der Waals surface area (Å²) in [4.78, 5) is 4.38. The fourth-order valence-electron chi connectivity index (χ4n) is 3.57. The SMILES string of the molecule is Cc1ccc(S(=O)(=O)OC2CCN(S(=O)(=O)c3cccc4cnccc34)CC2)cc1. The molecule has 9 heteroatoms. The summed E-state index contributed by atoms with van der Waals surface area (Å²) in [6.07, 6.45) is 3.24. The maximum absolute atomic E-state index is 13.2. The van der Waals surface area contributed by atoms with Crippen LogP contribution >= 0.6 is 0 Å². The minimum Gasteiger partial charge on any atom is -0.264 e. The average molecular weight is 447 g/mol. The van der Waals surface area contributed by atoms with Gasteiger partial charge in [-0.3, -0.25) is 9.17 Å². The molecule has 0 radical (unpaired) electrons. The van der Waals surface area contributed by atoms with Crippen molar-refractivity contribution >= 4 is 30.9 Å². The van der Waals surface area contributed by atoms with Gasteiger partial charge in [0.2, 0.25) is 10.0 Å². The molecular weight excluding hydrogens is 424 g/mol. The highest BCUT2D eigenvalue weighted by molar-refractivity contribution is 7.89. The first-order valence-corrected chi connectivity index (χ1v) is 12.4. The molecule has 3 aromatic rings. The van der Waals surface area contributed by atoms with Gasteiger partial charge in [0.25, 0.3) is 10.1 Å². The molecule has 0 saturated carbocycles. The Morgan fingerprint density at radius 3 is 2.37 bits per heavy atom. The Labute approximate surface area is 176 Å². The van der Waals surface area contributed by atoms with Gasteiger partial charge in [-0.05, 0) is 44.0 Å². The fourth-order valence-corrected chi connectivity index (χ4v) is 6.38. The summed E-state index contributed by atoms with van der Waals surface area (Å²) in [5.41, 5.74) is 0.955. The Kier molecular flexibility index (Phi) is 5.63. The van der Waals surface area contributed by atoms with Crippen molar-refractivity contribution in [3.05, 3.63) is 66.5 Å². The molecule has 1 saturated heterocycles. The van der Waals surface area contributed by atoms with E-state index in [1.807, 2.05) is 13.0 Å². The Hall–Kier alpha value is -2.33. The van der Waals surface area contributed by atoms with Crippen LogP contribution in [0.25, 0.3) is 10.8 Å². The van der Waals surface area contributed by atoms with Crippen molar-refractivity contribution in [3.8, 4) is 0 Å². The zero-order valence-electron chi connectivity index (χ0n) is 16.4. The third-order valence-corrected chi connectivity index (χ3v) is 8.56. The van der Waals surface area contributed by atoms with Crippen molar-refractivity contribution in [2.45, 2.75) is 35.7 Å². The second-order valence-corrected chi connectivity index (χ2v) is 10.8. The molecule has 7 nitrogen and oxygen atoms in total. The first-order valence-electron chi connectivity index (χ1n) is 9.60. The molecule has 0 aliphatic carbocycles. The molecule has 158 valence electrons. The van der Waals surface area contributed by atoms with Crippen LogP contribution in [0.1, 0.15) is 18.4 Å². The van der Waals surface area contributed by atoms with Gasteiger partial charge in [-0.1, -0.05) is 29.8 Å². The molecule has 0 N–H and O–H groups in total. The van der Waals surface area contributed by atoms with Crippen molar-refractivity contribution in [3.63, 3.8) is 0 Å². The highest BCUT2D eigenvalue weighted by atomic mass is 32.2. The number of nitrogens with zero attached hydrogens (tertiary/aromatic N) is 2. The monoisotopic (exact) mass is 446 g/mol. The maximum atomic E-state index is 13.2. The zero-order chi connectivity index (χ0) is 21.4. The lowest BCUT2D eigenvalue weighted by Crippen LogP contribution is -2.41. The number of benzene rings is 2. The number of fused-ring (bicyclic) bond motifs is 1. The smallest absolute Gasteiger partial charge is 0.264 e. The summed E-state index contributed by atoms with van der Waals surface area (Å²) in [5, 5.41) is 1.37. The Morgan fingerprint density at radius 2 is 1.67 bits per heavy atom. The van der Waals surface area contributed by atoms with Crippen molar-refractivity contribution < 1.29 is 21.0 Å². The number of aromatic nitrogens is 1. The van der Waals surface area contributed by atoms with Crippen LogP contribution in [0, 0.1) is 6.92 Å². The quantitative estimate of drug-likeness (QED) is 0.559. The molecule has 1 aromatic heterocycles. The molecule has 0 unspecified atom stereocenters. The fraction of sp³-hybridized carbons (Fsp3) is 0.286. The number of piperidine rings is 1. The van der Waals surface area contributed by atoms with Crippen LogP contribution in [-0.4, -0.2) is 45.3 Å². The largest absolute Gasteiger partial charge is 0.297 e. The van der Waals surface area contributed by atoms with Crippen LogP contribution in [0.5, 0.6) is 0 Å². The second-order valence-electron chi connectivity index (χ2n) is 7.32. The van der Waals surface area contributed by atoms with E-state index in [0.717, 1.165) is 10.9 Å². The van der Waals surface area contributed by atoms with Crippen LogP contribution < -0.4 is 0 Å². The van der Waals surface area contributed by atoms with Crippen LogP contribution in [0.4, 0.5) is 0 Å². The molecule has 2 heterocycles. The number of rotatable bonds is 5. The third kappa shape index (κ3) is 4.11. The molecule has 0 amide bonds. The normalized spacial score (nSPS) is 16.7. The molecule has 0 atom stereocenters. The summed E-state index contributed by atoms with van der Waals surface area (Å²) in [6.45, 7) is 2.26. The first kappa shape index (κ1) is 20.9. The number of hydrogen-bond donors (Lipinski definition) is 0. The highest BCUT2D eigenvalue weighted by Gasteiger charge is 2.33. The van der Waals surface area contributed by atoms with Crippen LogP contribution in [0.3, 0.4) is 0 Å². The van der Waals surface area contributed by atoms with Crippen molar-refractivity contribution in [1.82, 2.24) is 9.29 Å². The van der Waals surface area contributed by atoms with Gasteiger partial charge in [-0.15, -0.1) is 0 Å². The number of pyridine rings is 1. The van der Waals surface area contributed by atoms with Crippen molar-refractivity contribution in [1.29, 1.82) is 0 Å². The van der Waals surface area contributed by atoms with E-state index in [2.05, 4.69) is 4.98 Å². The molecule has 30 heavy (non-hydrogen) atoms. The summed E-state index contributed by atoms with van der Waals surface area (Å²) < 4.78 is 58.2. The van der Waals surface area contributed by atoms with E-state index in [4.69, 9.17) is 4.18 Å². The average Bonchev–Trinajstić information content (AvgIpc) is 2.74. The summed E-state index contributed by atoms with van der Waals surface area (Å²) in [7, 11) is -7.60. The van der Waals surface area contributed by atoms with E-state index < -0.39 is 26.2 Å². The topological polar surface area (TPSA) is 93.6 Å². The van der Waals surface area contributed by atoms with E-state index in [0.29, 0.717) is 18.2 Å². The minimum absolute atomic E-state index is 0.104. The molecular formula is C21H22N2O5S2. The molecule has 0 spiro atoms. The van der Waals surface area contributed by atoms with E-state index in [1.54, 1.807) is 42.7 Å². The molecule has 1 aliphatic rings. The highest BCUT2D eigenvalue weighted by Crippen LogP contribution is 2.28. The Balaban J connectivity index is 1.48. The predicted molar refractivity (Wildman–Crippen MR) is 113 cm³/mol. The maximum Gasteiger partial charge on any atom is 0.297 e. The van der Waals surface area contributed by atoms with Gasteiger partial charge in [-0.25, -0.2) is 8.42 Å². The van der Waals surface area contributed by atoms with Gasteiger partial charge in [0.1, 0.15) is 0 Å². The number of sulfonamides is 1. The molecule has 0 bridgehead atoms. The van der Waals surface area contributed by atoms with Gasteiger partial charge in [-0.2, -0.15) is 12.7 Å². The number of hydrogen-bond acceptors (Lipinski definition) is 6. The molecule has 1 aliphatic heterocycles. The molecule has 4 rings (SSSR count). The lowest BCUT2D eigenvalue weighted by molar-refractivity contribution is 0.141. The van der Waals surface area contributed by atoms with E-state index in [1.165, 1.54) is 16.4 Å². The zero-order valence-corrected chi connectivity index (χ0v) is 18.1. The van der Waals surface area contributed by atoms with E-state index in [9.17, 15) is 16.8 Å². The van der Waals surface area contributed by atoms with Crippen LogP contribution in [0.2, 0.25) is 0 Å². The van der Waals surface area contributed by atoms with Gasteiger partial charge in [0, 0.05) is 36.3 Å². The van der Waals surface area contributed by atoms with Gasteiger partial charge in [0.05, 0.1) is 15.9 Å². The predicted octanol–water partition coefficient (Wildman–Crippen LogP) is 3.10. The summed E-state index contributed by atoms with van der Waals surface area (Å²) in [6, 6.07) is 13.2. The molecule has 2 aromatic carbocycles. The van der Waals surface area contributed by atoms with Crippen molar-refractivity contribution in [2.24, 2.45) is 0 Å². The summed E-state index contributed by atoms with van der Waals surface area (Å²) in [5.74, 6) is 0. The minimum atomic E-state index is -3.89. The third-order valence-electron chi connectivity index (χ3n) is 5.23. The van der Waals surface area contributed by atoms with Crippen LogP contribution in [-0.2, 0) is 24.3 Å². The lowest BCUT2D eigenvalue weighted by Gasteiger charge is -2.31. The Morgan fingerprint density at radius 1 is 0.967 bits per heavy atom. The Bertz CT molecular complexity index is 1260. The van der Waals surface area contributed by atoms with Gasteiger partial charge >= 0.3 is 0 Å². The standard InChI is InChI=1S/C21H22N2O5S2/c1-16-5-7-19(8-6-16)30(26,27)28-18-10-13-23(14-11-18)29(24,25)21-4-2-3-17-15-22-12-9-20(17)21/h2-9,12,15,18H,10-11,13-14H2,1H3. The molecule has 1 fully saturated rings. The van der Waals surface area contributed by atoms with Gasteiger partial charge < -0.3 is 0 Å². The van der Waals surface area contributed by atoms with Gasteiger partial charge in [0.15, 0.2) is 0 Å². The first-order chi connectivity index (χ1) is 14.3. The van der Waals surface area contributed by atoms with E-state index >= 15 is 0 Å². The second kappa shape index (κ2) is 8.07. The van der Waals surface area contributed by atoms with Crippen molar-refractivity contribution in [2.75, 3.05) is 13.1 Å². The summed E-state index contributed by atoms with van der Waals surface area (Å²) >= 11 is 0.